The summed E-state index contributed by atoms with van der Waals surface area (Å²) in [5.41, 5.74) is -0.283. The summed E-state index contributed by atoms with van der Waals surface area (Å²) < 4.78 is 57.1. The van der Waals surface area contributed by atoms with Crippen LogP contribution >= 0.6 is 11.6 Å². The first-order valence-corrected chi connectivity index (χ1v) is 16.3. The van der Waals surface area contributed by atoms with E-state index in [4.69, 9.17) is 30.9 Å². The summed E-state index contributed by atoms with van der Waals surface area (Å²) in [5.74, 6) is -2.71. The predicted octanol–water partition coefficient (Wildman–Crippen LogP) is 6.59. The number of carboxylic acid groups (broad SMARTS) is 1. The van der Waals surface area contributed by atoms with Crippen LogP contribution in [0.15, 0.2) is 126 Å². The summed E-state index contributed by atoms with van der Waals surface area (Å²) in [6.07, 6.45) is 0. The number of ether oxygens (including phenoxy) is 3. The molecule has 250 valence electrons. The Balaban J connectivity index is 0.000000330. The summed E-state index contributed by atoms with van der Waals surface area (Å²) in [6.45, 7) is -0.834. The lowest BCUT2D eigenvalue weighted by molar-refractivity contribution is -0.140. The van der Waals surface area contributed by atoms with Crippen molar-refractivity contribution in [2.75, 3.05) is 20.3 Å². The quantitative estimate of drug-likeness (QED) is 0.133. The largest absolute Gasteiger partial charge is 0.482 e. The van der Waals surface area contributed by atoms with Crippen molar-refractivity contribution in [1.29, 1.82) is 0 Å². The SMILES string of the molecule is CN1C(C(=O)c2ccc3ccccc3c2)=C(OC(=O)COc2ccccc2)c2ccc(F)cc2S1(=O)=O.O=C(O)COc1ccc(Cl)cc1. The highest BCUT2D eigenvalue weighted by atomic mass is 35.5. The van der Waals surface area contributed by atoms with Gasteiger partial charge in [-0.05, 0) is 71.4 Å². The average Bonchev–Trinajstić information content (AvgIpc) is 3.10. The standard InChI is InChI=1S/C28H20FNO6S.C8H7ClO3/c1-30-26(27(32)20-12-11-18-7-5-6-8-19(18)15-20)28(23-14-13-21(29)16-24(23)37(30,33)34)36-25(31)17-35-22-9-3-2-4-10-22;9-6-1-3-7(4-2-6)12-5-8(10)11/h2-16H,17H2,1H3;1-4H,5H2,(H,10,11). The van der Waals surface area contributed by atoms with Crippen molar-refractivity contribution >= 4 is 55.9 Å². The van der Waals surface area contributed by atoms with Gasteiger partial charge in [-0.15, -0.1) is 0 Å². The molecule has 0 aromatic heterocycles. The van der Waals surface area contributed by atoms with Crippen molar-refractivity contribution in [2.45, 2.75) is 4.90 Å². The van der Waals surface area contributed by atoms with Crippen LogP contribution in [-0.2, 0) is 24.3 Å². The van der Waals surface area contributed by atoms with Crippen LogP contribution in [0.25, 0.3) is 16.5 Å². The zero-order valence-corrected chi connectivity index (χ0v) is 27.3. The first kappa shape index (κ1) is 34.6. The van der Waals surface area contributed by atoms with Crippen LogP contribution in [0.2, 0.25) is 5.02 Å². The second kappa shape index (κ2) is 15.0. The Morgan fingerprint density at radius 3 is 2.10 bits per heavy atom. The van der Waals surface area contributed by atoms with Gasteiger partial charge in [-0.25, -0.2) is 22.4 Å². The van der Waals surface area contributed by atoms with Gasteiger partial charge in [0.15, 0.2) is 19.0 Å². The van der Waals surface area contributed by atoms with Crippen molar-refractivity contribution < 1.29 is 46.5 Å². The van der Waals surface area contributed by atoms with Gasteiger partial charge in [-0.3, -0.25) is 9.10 Å². The van der Waals surface area contributed by atoms with Crippen molar-refractivity contribution in [3.63, 3.8) is 0 Å². The molecule has 0 amide bonds. The lowest BCUT2D eigenvalue weighted by Gasteiger charge is -2.30. The van der Waals surface area contributed by atoms with Crippen molar-refractivity contribution in [3.05, 3.63) is 143 Å². The second-order valence-corrected chi connectivity index (χ2v) is 12.8. The van der Waals surface area contributed by atoms with E-state index in [0.717, 1.165) is 30.0 Å². The van der Waals surface area contributed by atoms with E-state index >= 15 is 0 Å². The Morgan fingerprint density at radius 1 is 0.776 bits per heavy atom. The minimum absolute atomic E-state index is 0.100. The lowest BCUT2D eigenvalue weighted by Crippen LogP contribution is -2.36. The first-order chi connectivity index (χ1) is 23.4. The molecule has 1 aliphatic rings. The number of aliphatic carboxylic acids is 1. The highest BCUT2D eigenvalue weighted by Crippen LogP contribution is 2.38. The predicted molar refractivity (Wildman–Crippen MR) is 179 cm³/mol. The minimum Gasteiger partial charge on any atom is -0.482 e. The fourth-order valence-electron chi connectivity index (χ4n) is 4.73. The number of hydrogen-bond donors (Lipinski definition) is 1. The molecule has 13 heteroatoms. The summed E-state index contributed by atoms with van der Waals surface area (Å²) in [6, 6.07) is 30.4. The molecule has 0 saturated carbocycles. The molecule has 0 radical (unpaired) electrons. The Morgan fingerprint density at radius 2 is 1.41 bits per heavy atom. The van der Waals surface area contributed by atoms with E-state index in [1.165, 1.54) is 6.07 Å². The van der Waals surface area contributed by atoms with E-state index in [2.05, 4.69) is 0 Å². The van der Waals surface area contributed by atoms with Gasteiger partial charge in [0.05, 0.1) is 0 Å². The van der Waals surface area contributed by atoms with Crippen LogP contribution in [0.1, 0.15) is 15.9 Å². The van der Waals surface area contributed by atoms with Crippen LogP contribution in [0.4, 0.5) is 4.39 Å². The molecule has 0 atom stereocenters. The number of sulfonamides is 1. The third-order valence-electron chi connectivity index (χ3n) is 7.08. The molecule has 0 unspecified atom stereocenters. The Labute approximate surface area is 285 Å². The topological polar surface area (TPSA) is 137 Å². The molecule has 0 spiro atoms. The maximum atomic E-state index is 14.0. The van der Waals surface area contributed by atoms with Crippen molar-refractivity contribution in [1.82, 2.24) is 4.31 Å². The molecule has 1 aliphatic heterocycles. The maximum absolute atomic E-state index is 14.0. The number of ketones is 1. The number of rotatable bonds is 9. The molecule has 5 aromatic rings. The van der Waals surface area contributed by atoms with E-state index < -0.39 is 45.1 Å². The van der Waals surface area contributed by atoms with Crippen molar-refractivity contribution in [2.24, 2.45) is 0 Å². The Hall–Kier alpha value is -5.72. The van der Waals surface area contributed by atoms with Crippen LogP contribution in [0.3, 0.4) is 0 Å². The van der Waals surface area contributed by atoms with Gasteiger partial charge in [-0.1, -0.05) is 66.2 Å². The zero-order valence-electron chi connectivity index (χ0n) is 25.7. The molecular formula is C36H27ClFNO9S. The van der Waals surface area contributed by atoms with Crippen LogP contribution in [-0.4, -0.2) is 55.8 Å². The van der Waals surface area contributed by atoms with Gasteiger partial charge in [0.2, 0.25) is 5.78 Å². The third-order valence-corrected chi connectivity index (χ3v) is 9.12. The molecule has 5 aromatic carbocycles. The maximum Gasteiger partial charge on any atom is 0.349 e. The van der Waals surface area contributed by atoms with Gasteiger partial charge in [-0.2, -0.15) is 0 Å². The van der Waals surface area contributed by atoms with Crippen LogP contribution in [0, 0.1) is 5.82 Å². The number of carboxylic acids is 1. The fourth-order valence-corrected chi connectivity index (χ4v) is 6.26. The van der Waals surface area contributed by atoms with E-state index in [1.54, 1.807) is 72.8 Å². The zero-order chi connectivity index (χ0) is 35.1. The molecule has 49 heavy (non-hydrogen) atoms. The minimum atomic E-state index is -4.32. The number of Topliss-reactive ketones (excluding diaryl/α,β-unsaturated/α-hetero) is 1. The van der Waals surface area contributed by atoms with Gasteiger partial charge in [0.25, 0.3) is 10.0 Å². The number of fused-ring (bicyclic) bond motifs is 2. The van der Waals surface area contributed by atoms with Crippen LogP contribution < -0.4 is 9.47 Å². The summed E-state index contributed by atoms with van der Waals surface area (Å²) in [7, 11) is -3.16. The smallest absolute Gasteiger partial charge is 0.349 e. The molecule has 0 bridgehead atoms. The fraction of sp³-hybridized carbons (Fsp3) is 0.0833. The van der Waals surface area contributed by atoms with Gasteiger partial charge < -0.3 is 19.3 Å². The molecule has 10 nitrogen and oxygen atoms in total. The van der Waals surface area contributed by atoms with E-state index in [1.807, 2.05) is 24.3 Å². The molecular weight excluding hydrogens is 677 g/mol. The van der Waals surface area contributed by atoms with E-state index in [-0.39, 0.29) is 29.2 Å². The number of halogens is 2. The summed E-state index contributed by atoms with van der Waals surface area (Å²) >= 11 is 5.60. The number of likely N-dealkylation sites (N-methyl/N-ethyl adjacent to an activating group) is 1. The van der Waals surface area contributed by atoms with Gasteiger partial charge >= 0.3 is 11.9 Å². The lowest BCUT2D eigenvalue weighted by atomic mass is 10.0. The van der Waals surface area contributed by atoms with Crippen LogP contribution in [0.5, 0.6) is 11.5 Å². The number of allylic oxidation sites excluding steroid dienone is 1. The third kappa shape index (κ3) is 8.23. The average molecular weight is 704 g/mol. The number of para-hydroxylation sites is 1. The second-order valence-electron chi connectivity index (χ2n) is 10.4. The number of hydrogen-bond acceptors (Lipinski definition) is 8. The molecule has 0 fully saturated rings. The number of carbonyl (C=O) groups excluding carboxylic acids is 2. The molecule has 1 heterocycles. The summed E-state index contributed by atoms with van der Waals surface area (Å²) in [5, 5.41) is 10.5. The number of nitrogens with zero attached hydrogens (tertiary/aromatic N) is 1. The number of carbonyl (C=O) groups is 3. The first-order valence-electron chi connectivity index (χ1n) is 14.5. The summed E-state index contributed by atoms with van der Waals surface area (Å²) in [4.78, 5) is 36.2. The Kier molecular flexibility index (Phi) is 10.6. The highest BCUT2D eigenvalue weighted by Gasteiger charge is 2.40. The number of esters is 1. The number of benzene rings is 5. The van der Waals surface area contributed by atoms with E-state index in [0.29, 0.717) is 20.8 Å². The molecule has 0 aliphatic carbocycles. The van der Waals surface area contributed by atoms with Gasteiger partial charge in [0.1, 0.15) is 27.9 Å². The van der Waals surface area contributed by atoms with E-state index in [9.17, 15) is 27.2 Å². The monoisotopic (exact) mass is 703 g/mol. The van der Waals surface area contributed by atoms with Gasteiger partial charge in [0, 0.05) is 23.2 Å². The normalized spacial score (nSPS) is 13.1. The molecule has 1 N–H and O–H groups in total. The molecule has 0 saturated heterocycles. The van der Waals surface area contributed by atoms with Crippen molar-refractivity contribution in [3.8, 4) is 11.5 Å². The Bertz CT molecular complexity index is 2170. The molecule has 6 rings (SSSR count). The highest BCUT2D eigenvalue weighted by molar-refractivity contribution is 7.89.